The number of esters is 2. The van der Waals surface area contributed by atoms with E-state index in [2.05, 4.69) is 0 Å². The zero-order valence-corrected chi connectivity index (χ0v) is 34.7. The summed E-state index contributed by atoms with van der Waals surface area (Å²) >= 11 is 0. The topological polar surface area (TPSA) is 358 Å². The van der Waals surface area contributed by atoms with E-state index in [-0.39, 0.29) is 40.1 Å². The number of rotatable bonds is 18. The van der Waals surface area contributed by atoms with Crippen molar-refractivity contribution in [1.29, 1.82) is 0 Å². The number of ether oxygens (including phenoxy) is 11. The molecule has 0 bridgehead atoms. The highest BCUT2D eigenvalue weighted by Gasteiger charge is 2.61. The Labute approximate surface area is 364 Å². The number of carbonyl (C=O) groups excluding carboxylic acids is 2. The molecule has 0 saturated carbocycles. The SMILES string of the molecule is COc1cc(/C=C/C(=O)OC[C@H]2O[C@H](O[C@]3(CO)O[C@H](CO)[C@@H](O)[C@@H]3OC(=O)/C=C/c3cc(OC)c(O)c(OC)c3)[C@H](O)[C@@H](O[C@@H]3O[C@H](CO)[C@@H](O)[C@H](O)[C@H]3O)[C@@H]2O)cc(OC)c1O. The van der Waals surface area contributed by atoms with Crippen molar-refractivity contribution < 1.29 is 118 Å². The number of aliphatic hydroxyl groups is 9. The fourth-order valence-corrected chi connectivity index (χ4v) is 6.97. The Morgan fingerprint density at radius 3 is 1.61 bits per heavy atom. The molecule has 24 heteroatoms. The maximum atomic E-state index is 13.2. The van der Waals surface area contributed by atoms with Crippen LogP contribution in [-0.4, -0.2) is 208 Å². The zero-order chi connectivity index (χ0) is 47.0. The lowest BCUT2D eigenvalue weighted by atomic mass is 9.96. The summed E-state index contributed by atoms with van der Waals surface area (Å²) in [5.74, 6) is -5.44. The highest BCUT2D eigenvalue weighted by Crippen LogP contribution is 2.41. The molecule has 0 amide bonds. The van der Waals surface area contributed by atoms with E-state index in [9.17, 15) is 65.8 Å². The third kappa shape index (κ3) is 10.8. The summed E-state index contributed by atoms with van der Waals surface area (Å²) < 4.78 is 59.7. The van der Waals surface area contributed by atoms with Gasteiger partial charge in [0.2, 0.25) is 17.3 Å². The lowest BCUT2D eigenvalue weighted by molar-refractivity contribution is -0.399. The molecule has 11 N–H and O–H groups in total. The second kappa shape index (κ2) is 21.9. The van der Waals surface area contributed by atoms with Crippen molar-refractivity contribution in [3.8, 4) is 34.5 Å². The summed E-state index contributed by atoms with van der Waals surface area (Å²) in [6.45, 7) is -3.89. The van der Waals surface area contributed by atoms with Crippen molar-refractivity contribution in [3.63, 3.8) is 0 Å². The number of hydrogen-bond donors (Lipinski definition) is 11. The van der Waals surface area contributed by atoms with Gasteiger partial charge in [0.25, 0.3) is 0 Å². The highest BCUT2D eigenvalue weighted by atomic mass is 16.8. The number of carbonyl (C=O) groups is 2. The van der Waals surface area contributed by atoms with Crippen LogP contribution in [0.3, 0.4) is 0 Å². The minimum Gasteiger partial charge on any atom is -0.502 e. The first-order chi connectivity index (χ1) is 30.5. The average Bonchev–Trinajstić information content (AvgIpc) is 3.56. The van der Waals surface area contributed by atoms with E-state index in [0.717, 1.165) is 12.2 Å². The monoisotopic (exact) mass is 916 g/mol. The van der Waals surface area contributed by atoms with Crippen LogP contribution in [0.2, 0.25) is 0 Å². The van der Waals surface area contributed by atoms with Gasteiger partial charge in [0.1, 0.15) is 74.3 Å². The molecule has 64 heavy (non-hydrogen) atoms. The fraction of sp³-hybridized carbons (Fsp3) is 0.550. The van der Waals surface area contributed by atoms with Crippen LogP contribution in [0.1, 0.15) is 11.1 Å². The second-order valence-electron chi connectivity index (χ2n) is 14.4. The van der Waals surface area contributed by atoms with Gasteiger partial charge in [0, 0.05) is 12.2 Å². The van der Waals surface area contributed by atoms with Crippen LogP contribution in [0.5, 0.6) is 34.5 Å². The van der Waals surface area contributed by atoms with E-state index in [4.69, 9.17) is 52.1 Å². The first-order valence-electron chi connectivity index (χ1n) is 19.4. The Hall–Kier alpha value is -4.90. The third-order valence-electron chi connectivity index (χ3n) is 10.4. The lowest BCUT2D eigenvalue weighted by Crippen LogP contribution is -2.66. The Kier molecular flexibility index (Phi) is 17.1. The van der Waals surface area contributed by atoms with E-state index in [1.807, 2.05) is 0 Å². The molecule has 14 atom stereocenters. The molecule has 2 aromatic carbocycles. The first kappa shape index (κ1) is 50.1. The maximum absolute atomic E-state index is 13.2. The quantitative estimate of drug-likeness (QED) is 0.0508. The molecule has 24 nitrogen and oxygen atoms in total. The Balaban J connectivity index is 1.42. The number of hydrogen-bond acceptors (Lipinski definition) is 24. The number of aliphatic hydroxyl groups excluding tert-OH is 9. The Morgan fingerprint density at radius 2 is 1.12 bits per heavy atom. The molecule has 0 aliphatic carbocycles. The smallest absolute Gasteiger partial charge is 0.331 e. The van der Waals surface area contributed by atoms with Gasteiger partial charge >= 0.3 is 11.9 Å². The van der Waals surface area contributed by atoms with Gasteiger partial charge in [-0.05, 0) is 47.5 Å². The summed E-state index contributed by atoms with van der Waals surface area (Å²) in [5, 5.41) is 116. The van der Waals surface area contributed by atoms with Crippen molar-refractivity contribution in [2.75, 3.05) is 54.9 Å². The fourth-order valence-electron chi connectivity index (χ4n) is 6.97. The molecular weight excluding hydrogens is 864 g/mol. The normalized spacial score (nSPS) is 33.0. The van der Waals surface area contributed by atoms with Gasteiger partial charge in [0.05, 0.1) is 41.7 Å². The highest BCUT2D eigenvalue weighted by molar-refractivity contribution is 5.88. The largest absolute Gasteiger partial charge is 0.502 e. The maximum Gasteiger partial charge on any atom is 0.331 e. The first-order valence-corrected chi connectivity index (χ1v) is 19.4. The van der Waals surface area contributed by atoms with Crippen molar-refractivity contribution in [1.82, 2.24) is 0 Å². The number of phenolic OH excluding ortho intramolecular Hbond substituents is 2. The van der Waals surface area contributed by atoms with E-state index in [1.54, 1.807) is 0 Å². The molecule has 3 aliphatic heterocycles. The minimum atomic E-state index is -2.67. The summed E-state index contributed by atoms with van der Waals surface area (Å²) in [5.41, 5.74) is 0.595. The molecule has 0 radical (unpaired) electrons. The van der Waals surface area contributed by atoms with Gasteiger partial charge in [-0.25, -0.2) is 9.59 Å². The van der Waals surface area contributed by atoms with Gasteiger partial charge in [0.15, 0.2) is 41.7 Å². The van der Waals surface area contributed by atoms with E-state index in [0.29, 0.717) is 5.56 Å². The second-order valence-corrected chi connectivity index (χ2v) is 14.4. The van der Waals surface area contributed by atoms with Crippen LogP contribution >= 0.6 is 0 Å². The molecule has 0 aromatic heterocycles. The summed E-state index contributed by atoms with van der Waals surface area (Å²) in [6.07, 6.45) is -20.5. The summed E-state index contributed by atoms with van der Waals surface area (Å²) in [4.78, 5) is 26.2. The predicted octanol–water partition coefficient (Wildman–Crippen LogP) is -3.60. The van der Waals surface area contributed by atoms with E-state index < -0.39 is 124 Å². The molecule has 3 aliphatic rings. The van der Waals surface area contributed by atoms with Crippen molar-refractivity contribution in [2.45, 2.75) is 85.5 Å². The standard InChI is InChI=1S/C40H52O24/c1-54-19-9-17(10-20(55-2)28(19)46)5-7-26(44)58-15-25-31(49)36(62-38-34(52)33(51)30(48)23(13-41)59-38)35(53)39(60-25)64-40(16-43)37(32(50)24(14-42)63-40)61-27(45)8-6-18-11-21(56-3)29(47)22(12-18)57-4/h5-12,23-25,30-39,41-43,46-53H,13-16H2,1-4H3/b7-5+,8-6+/t23-,24-,25-,30-,31-,32-,33+,34-,35-,36+,37+,38+,39-,40+/m1/s1. The van der Waals surface area contributed by atoms with Gasteiger partial charge in [-0.3, -0.25) is 0 Å². The van der Waals surface area contributed by atoms with Crippen LogP contribution in [-0.2, 0) is 42.7 Å². The van der Waals surface area contributed by atoms with Crippen LogP contribution in [0, 0.1) is 0 Å². The van der Waals surface area contributed by atoms with Crippen molar-refractivity contribution in [2.24, 2.45) is 0 Å². The van der Waals surface area contributed by atoms with Crippen LogP contribution in [0.25, 0.3) is 12.2 Å². The van der Waals surface area contributed by atoms with Gasteiger partial charge in [-0.1, -0.05) is 0 Å². The van der Waals surface area contributed by atoms with Crippen molar-refractivity contribution >= 4 is 24.1 Å². The van der Waals surface area contributed by atoms with Crippen LogP contribution in [0.4, 0.5) is 0 Å². The van der Waals surface area contributed by atoms with E-state index >= 15 is 0 Å². The molecule has 2 aromatic rings. The van der Waals surface area contributed by atoms with Crippen LogP contribution < -0.4 is 18.9 Å². The molecule has 5 rings (SSSR count). The number of methoxy groups -OCH3 is 4. The Bertz CT molecular complexity index is 1910. The Morgan fingerprint density at radius 1 is 0.625 bits per heavy atom. The molecule has 0 unspecified atom stereocenters. The average molecular weight is 917 g/mol. The van der Waals surface area contributed by atoms with Gasteiger partial charge in [-0.2, -0.15) is 0 Å². The zero-order valence-electron chi connectivity index (χ0n) is 34.7. The lowest BCUT2D eigenvalue weighted by Gasteiger charge is -2.47. The number of benzene rings is 2. The van der Waals surface area contributed by atoms with Gasteiger partial charge in [-0.15, -0.1) is 0 Å². The number of phenols is 2. The molecule has 3 heterocycles. The predicted molar refractivity (Wildman–Crippen MR) is 210 cm³/mol. The third-order valence-corrected chi connectivity index (χ3v) is 10.4. The molecule has 3 saturated heterocycles. The molecule has 3 fully saturated rings. The summed E-state index contributed by atoms with van der Waals surface area (Å²) in [6, 6.07) is 5.47. The molecule has 356 valence electrons. The van der Waals surface area contributed by atoms with Crippen molar-refractivity contribution in [3.05, 3.63) is 47.5 Å². The summed E-state index contributed by atoms with van der Waals surface area (Å²) in [7, 11) is 5.16. The van der Waals surface area contributed by atoms with Crippen LogP contribution in [0.15, 0.2) is 36.4 Å². The van der Waals surface area contributed by atoms with E-state index in [1.165, 1.54) is 64.9 Å². The molecule has 0 spiro atoms. The number of aromatic hydroxyl groups is 2. The minimum absolute atomic E-state index is 0.00356. The van der Waals surface area contributed by atoms with Gasteiger partial charge < -0.3 is 108 Å². The molecular formula is C40H52O24.